The molecule has 18 heavy (non-hydrogen) atoms. The molecular formula is C14H22N2OS. The first-order chi connectivity index (χ1) is 8.63. The molecule has 1 saturated heterocycles. The summed E-state index contributed by atoms with van der Waals surface area (Å²) in [6.07, 6.45) is 1.13. The zero-order valence-corrected chi connectivity index (χ0v) is 12.2. The van der Waals surface area contributed by atoms with E-state index in [9.17, 15) is 0 Å². The van der Waals surface area contributed by atoms with Crippen molar-refractivity contribution >= 4 is 17.4 Å². The number of nitrogens with two attached hydrogens (primary N) is 1. The first-order valence-corrected chi connectivity index (χ1v) is 7.36. The fourth-order valence-corrected chi connectivity index (χ4v) is 4.08. The van der Waals surface area contributed by atoms with Gasteiger partial charge in [0.2, 0.25) is 0 Å². The van der Waals surface area contributed by atoms with Crippen molar-refractivity contribution in [2.24, 2.45) is 5.73 Å². The van der Waals surface area contributed by atoms with E-state index in [1.54, 1.807) is 7.11 Å². The fraction of sp³-hybridized carbons (Fsp3) is 0.571. The minimum atomic E-state index is 0.0543. The quantitative estimate of drug-likeness (QED) is 0.908. The molecule has 1 aliphatic rings. The van der Waals surface area contributed by atoms with Crippen molar-refractivity contribution in [3.05, 3.63) is 24.3 Å². The molecule has 0 aliphatic carbocycles. The molecule has 0 spiro atoms. The second kappa shape index (κ2) is 5.41. The molecule has 0 bridgehead atoms. The SMILES string of the molecule is COc1ccccc1N(C)C1(CN)CSC(C)C1. The lowest BCUT2D eigenvalue weighted by Gasteiger charge is -2.39. The molecule has 1 aliphatic heterocycles. The van der Waals surface area contributed by atoms with Gasteiger partial charge in [0.05, 0.1) is 18.3 Å². The highest BCUT2D eigenvalue weighted by atomic mass is 32.2. The van der Waals surface area contributed by atoms with Crippen LogP contribution in [0.5, 0.6) is 5.75 Å². The Hall–Kier alpha value is -0.870. The third-order valence-corrected chi connectivity index (χ3v) is 5.28. The molecule has 3 nitrogen and oxygen atoms in total. The molecule has 100 valence electrons. The van der Waals surface area contributed by atoms with Crippen LogP contribution in [0.25, 0.3) is 0 Å². The van der Waals surface area contributed by atoms with Crippen LogP contribution < -0.4 is 15.4 Å². The summed E-state index contributed by atoms with van der Waals surface area (Å²) in [7, 11) is 3.84. The summed E-state index contributed by atoms with van der Waals surface area (Å²) in [5, 5.41) is 0.672. The first-order valence-electron chi connectivity index (χ1n) is 6.31. The highest BCUT2D eigenvalue weighted by molar-refractivity contribution is 8.00. The second-order valence-electron chi connectivity index (χ2n) is 4.99. The summed E-state index contributed by atoms with van der Waals surface area (Å²) >= 11 is 2.00. The molecular weight excluding hydrogens is 244 g/mol. The molecule has 0 aromatic heterocycles. The van der Waals surface area contributed by atoms with Crippen LogP contribution in [0, 0.1) is 0 Å². The van der Waals surface area contributed by atoms with Crippen LogP contribution in [-0.4, -0.2) is 37.2 Å². The van der Waals surface area contributed by atoms with Crippen molar-refractivity contribution < 1.29 is 4.74 Å². The van der Waals surface area contributed by atoms with Crippen LogP contribution in [0.15, 0.2) is 24.3 Å². The van der Waals surface area contributed by atoms with Gasteiger partial charge in [-0.2, -0.15) is 11.8 Å². The minimum Gasteiger partial charge on any atom is -0.495 e. The van der Waals surface area contributed by atoms with Gasteiger partial charge in [0, 0.05) is 24.6 Å². The molecule has 0 saturated carbocycles. The Bertz CT molecular complexity index is 413. The molecule has 1 fully saturated rings. The predicted octanol–water partition coefficient (Wildman–Crippen LogP) is 2.35. The van der Waals surface area contributed by atoms with Gasteiger partial charge in [0.1, 0.15) is 5.75 Å². The van der Waals surface area contributed by atoms with Crippen molar-refractivity contribution in [2.45, 2.75) is 24.1 Å². The van der Waals surface area contributed by atoms with Gasteiger partial charge < -0.3 is 15.4 Å². The van der Waals surface area contributed by atoms with Gasteiger partial charge in [-0.05, 0) is 18.6 Å². The standard InChI is InChI=1S/C14H22N2OS/c1-11-8-14(9-15,10-18-11)16(2)12-6-4-5-7-13(12)17-3/h4-7,11H,8-10,15H2,1-3H3. The number of hydrogen-bond acceptors (Lipinski definition) is 4. The fourth-order valence-electron chi connectivity index (χ4n) is 2.63. The maximum Gasteiger partial charge on any atom is 0.142 e. The van der Waals surface area contributed by atoms with E-state index in [0.29, 0.717) is 11.8 Å². The van der Waals surface area contributed by atoms with Gasteiger partial charge in [-0.3, -0.25) is 0 Å². The van der Waals surface area contributed by atoms with Crippen LogP contribution in [0.3, 0.4) is 0 Å². The Morgan fingerprint density at radius 3 is 2.78 bits per heavy atom. The number of thioether (sulfide) groups is 1. The normalized spacial score (nSPS) is 27.2. The molecule has 0 amide bonds. The maximum absolute atomic E-state index is 6.06. The molecule has 2 rings (SSSR count). The topological polar surface area (TPSA) is 38.5 Å². The summed E-state index contributed by atoms with van der Waals surface area (Å²) in [4.78, 5) is 2.31. The molecule has 2 unspecified atom stereocenters. The van der Waals surface area contributed by atoms with Gasteiger partial charge in [0.25, 0.3) is 0 Å². The highest BCUT2D eigenvalue weighted by Gasteiger charge is 2.41. The van der Waals surface area contributed by atoms with Gasteiger partial charge in [-0.1, -0.05) is 19.1 Å². The van der Waals surface area contributed by atoms with Crippen molar-refractivity contribution in [1.29, 1.82) is 0 Å². The first kappa shape index (κ1) is 13.6. The Balaban J connectivity index is 2.32. The summed E-state index contributed by atoms with van der Waals surface area (Å²) < 4.78 is 5.45. The van der Waals surface area contributed by atoms with Gasteiger partial charge >= 0.3 is 0 Å². The van der Waals surface area contributed by atoms with Gasteiger partial charge in [0.15, 0.2) is 0 Å². The number of ether oxygens (including phenoxy) is 1. The van der Waals surface area contributed by atoms with E-state index < -0.39 is 0 Å². The molecule has 2 atom stereocenters. The lowest BCUT2D eigenvalue weighted by molar-refractivity contribution is 0.402. The van der Waals surface area contributed by atoms with Crippen molar-refractivity contribution in [1.82, 2.24) is 0 Å². The van der Waals surface area contributed by atoms with E-state index >= 15 is 0 Å². The third-order valence-electron chi connectivity index (χ3n) is 3.84. The van der Waals surface area contributed by atoms with Crippen molar-refractivity contribution in [3.8, 4) is 5.75 Å². The minimum absolute atomic E-state index is 0.0543. The molecule has 0 radical (unpaired) electrons. The van der Waals surface area contributed by atoms with Gasteiger partial charge in [-0.25, -0.2) is 0 Å². The Morgan fingerprint density at radius 1 is 1.50 bits per heavy atom. The monoisotopic (exact) mass is 266 g/mol. The molecule has 1 aromatic carbocycles. The number of nitrogens with zero attached hydrogens (tertiary/aromatic N) is 1. The summed E-state index contributed by atoms with van der Waals surface area (Å²) in [6, 6.07) is 8.15. The zero-order valence-electron chi connectivity index (χ0n) is 11.3. The third kappa shape index (κ3) is 2.31. The Kier molecular flexibility index (Phi) is 4.07. The lowest BCUT2D eigenvalue weighted by atomic mass is 9.93. The average molecular weight is 266 g/mol. The largest absolute Gasteiger partial charge is 0.495 e. The smallest absolute Gasteiger partial charge is 0.142 e. The predicted molar refractivity (Wildman–Crippen MR) is 79.7 cm³/mol. The van der Waals surface area contributed by atoms with Crippen LogP contribution in [-0.2, 0) is 0 Å². The van der Waals surface area contributed by atoms with E-state index in [-0.39, 0.29) is 5.54 Å². The lowest BCUT2D eigenvalue weighted by Crippen LogP contribution is -2.53. The van der Waals surface area contributed by atoms with Crippen molar-refractivity contribution in [2.75, 3.05) is 31.4 Å². The van der Waals surface area contributed by atoms with E-state index in [1.807, 2.05) is 30.0 Å². The number of para-hydroxylation sites is 2. The molecule has 2 N–H and O–H groups in total. The van der Waals surface area contributed by atoms with E-state index in [4.69, 9.17) is 10.5 Å². The van der Waals surface area contributed by atoms with Crippen LogP contribution in [0.4, 0.5) is 5.69 Å². The van der Waals surface area contributed by atoms with E-state index in [2.05, 4.69) is 24.9 Å². The summed E-state index contributed by atoms with van der Waals surface area (Å²) in [5.74, 6) is 2.00. The number of likely N-dealkylation sites (N-methyl/N-ethyl adjacent to an activating group) is 1. The maximum atomic E-state index is 6.06. The second-order valence-corrected chi connectivity index (χ2v) is 6.41. The van der Waals surface area contributed by atoms with Crippen LogP contribution in [0.1, 0.15) is 13.3 Å². The number of anilines is 1. The van der Waals surface area contributed by atoms with E-state index in [1.165, 1.54) is 0 Å². The number of methoxy groups -OCH3 is 1. The van der Waals surface area contributed by atoms with E-state index in [0.717, 1.165) is 23.6 Å². The molecule has 1 aromatic rings. The Labute approximate surface area is 114 Å². The van der Waals surface area contributed by atoms with Crippen LogP contribution in [0.2, 0.25) is 0 Å². The zero-order chi connectivity index (χ0) is 13.2. The van der Waals surface area contributed by atoms with Crippen LogP contribution >= 0.6 is 11.8 Å². The molecule has 1 heterocycles. The highest BCUT2D eigenvalue weighted by Crippen LogP contribution is 2.41. The van der Waals surface area contributed by atoms with Gasteiger partial charge in [-0.15, -0.1) is 0 Å². The van der Waals surface area contributed by atoms with Crippen molar-refractivity contribution in [3.63, 3.8) is 0 Å². The number of hydrogen-bond donors (Lipinski definition) is 1. The Morgan fingerprint density at radius 2 is 2.22 bits per heavy atom. The summed E-state index contributed by atoms with van der Waals surface area (Å²) in [6.45, 7) is 2.96. The molecule has 4 heteroatoms. The number of rotatable bonds is 4. The average Bonchev–Trinajstić information content (AvgIpc) is 2.80. The number of benzene rings is 1. The summed E-state index contributed by atoms with van der Waals surface area (Å²) in [5.41, 5.74) is 7.24.